The molecule has 3 rings (SSSR count). The third kappa shape index (κ3) is 2.88. The molecule has 0 amide bonds. The first kappa shape index (κ1) is 15.0. The van der Waals surface area contributed by atoms with Crippen LogP contribution in [0.4, 0.5) is 0 Å². The normalized spacial score (nSPS) is 27.0. The summed E-state index contributed by atoms with van der Waals surface area (Å²) in [7, 11) is -1.08. The van der Waals surface area contributed by atoms with Crippen LogP contribution in [0.25, 0.3) is 0 Å². The molecule has 3 nitrogen and oxygen atoms in total. The van der Waals surface area contributed by atoms with E-state index in [1.54, 1.807) is 0 Å². The van der Waals surface area contributed by atoms with Gasteiger partial charge >= 0.3 is 0 Å². The summed E-state index contributed by atoms with van der Waals surface area (Å²) < 4.78 is 25.0. The maximum atomic E-state index is 12.5. The van der Waals surface area contributed by atoms with E-state index in [4.69, 9.17) is 0 Å². The molecule has 1 aromatic rings. The number of nitrogens with one attached hydrogen (secondary N) is 1. The van der Waals surface area contributed by atoms with E-state index in [1.165, 1.54) is 30.4 Å². The van der Waals surface area contributed by atoms with Gasteiger partial charge in [0, 0.05) is 6.04 Å². The van der Waals surface area contributed by atoms with Gasteiger partial charge in [-0.05, 0) is 49.8 Å². The predicted octanol–water partition coefficient (Wildman–Crippen LogP) is 3.18. The summed E-state index contributed by atoms with van der Waals surface area (Å²) in [4.78, 5) is 0. The minimum Gasteiger partial charge on any atom is -0.312 e. The summed E-state index contributed by atoms with van der Waals surface area (Å²) in [5.41, 5.74) is 2.57. The highest BCUT2D eigenvalue weighted by Crippen LogP contribution is 2.41. The van der Waals surface area contributed by atoms with Crippen molar-refractivity contribution in [2.45, 2.75) is 55.7 Å². The van der Waals surface area contributed by atoms with Crippen LogP contribution in [0.15, 0.2) is 24.3 Å². The molecule has 1 aliphatic heterocycles. The van der Waals surface area contributed by atoms with E-state index in [1.807, 2.05) is 13.1 Å². The quantitative estimate of drug-likeness (QED) is 0.929. The number of hydrogen-bond acceptors (Lipinski definition) is 3. The van der Waals surface area contributed by atoms with Gasteiger partial charge in [-0.2, -0.15) is 0 Å². The molecule has 1 aliphatic carbocycles. The Morgan fingerprint density at radius 1 is 1.10 bits per heavy atom. The van der Waals surface area contributed by atoms with Gasteiger partial charge in [-0.3, -0.25) is 0 Å². The van der Waals surface area contributed by atoms with Crippen molar-refractivity contribution < 1.29 is 8.42 Å². The Morgan fingerprint density at radius 2 is 1.86 bits per heavy atom. The van der Waals surface area contributed by atoms with Crippen LogP contribution >= 0.6 is 0 Å². The van der Waals surface area contributed by atoms with Crippen molar-refractivity contribution in [3.05, 3.63) is 35.4 Å². The fourth-order valence-corrected chi connectivity index (χ4v) is 5.91. The standard InChI is InChI=1S/C17H25NO2S/c1-18-17(16-11-4-5-12-21(16,19)20)15-10-3-2-9-14(15)13-7-6-8-13/h2-3,9-10,13,16-18H,4-8,11-12H2,1H3. The maximum absolute atomic E-state index is 12.5. The van der Waals surface area contributed by atoms with Crippen molar-refractivity contribution in [1.82, 2.24) is 5.32 Å². The van der Waals surface area contributed by atoms with Crippen LogP contribution in [-0.4, -0.2) is 26.5 Å². The molecule has 2 unspecified atom stereocenters. The molecule has 1 heterocycles. The number of hydrogen-bond donors (Lipinski definition) is 1. The van der Waals surface area contributed by atoms with Crippen LogP contribution in [0.3, 0.4) is 0 Å². The third-order valence-corrected chi connectivity index (χ3v) is 7.48. The smallest absolute Gasteiger partial charge is 0.155 e. The van der Waals surface area contributed by atoms with E-state index in [0.717, 1.165) is 19.3 Å². The summed E-state index contributed by atoms with van der Waals surface area (Å²) >= 11 is 0. The fraction of sp³-hybridized carbons (Fsp3) is 0.647. The molecular formula is C17H25NO2S. The molecule has 0 aromatic heterocycles. The number of benzene rings is 1. The van der Waals surface area contributed by atoms with Crippen molar-refractivity contribution in [1.29, 1.82) is 0 Å². The van der Waals surface area contributed by atoms with Gasteiger partial charge in [0.05, 0.1) is 11.0 Å². The van der Waals surface area contributed by atoms with Gasteiger partial charge in [-0.15, -0.1) is 0 Å². The molecule has 0 bridgehead atoms. The van der Waals surface area contributed by atoms with Crippen LogP contribution in [0, 0.1) is 0 Å². The second-order valence-electron chi connectivity index (χ2n) is 6.42. The van der Waals surface area contributed by atoms with E-state index in [-0.39, 0.29) is 11.3 Å². The molecule has 21 heavy (non-hydrogen) atoms. The minimum atomic E-state index is -2.98. The summed E-state index contributed by atoms with van der Waals surface area (Å²) in [6, 6.07) is 8.38. The number of sulfone groups is 1. The first-order valence-electron chi connectivity index (χ1n) is 8.11. The van der Waals surface area contributed by atoms with Crippen molar-refractivity contribution in [3.8, 4) is 0 Å². The van der Waals surface area contributed by atoms with Crippen molar-refractivity contribution in [3.63, 3.8) is 0 Å². The Kier molecular flexibility index (Phi) is 4.36. The maximum Gasteiger partial charge on any atom is 0.155 e. The summed E-state index contributed by atoms with van der Waals surface area (Å²) in [6.07, 6.45) is 6.40. The lowest BCUT2D eigenvalue weighted by atomic mass is 9.76. The zero-order chi connectivity index (χ0) is 14.9. The van der Waals surface area contributed by atoms with E-state index < -0.39 is 9.84 Å². The molecule has 116 valence electrons. The molecule has 2 aliphatic rings. The molecule has 1 saturated carbocycles. The van der Waals surface area contributed by atoms with Gasteiger partial charge in [0.15, 0.2) is 9.84 Å². The molecular weight excluding hydrogens is 282 g/mol. The van der Waals surface area contributed by atoms with E-state index in [0.29, 0.717) is 11.7 Å². The molecule has 4 heteroatoms. The van der Waals surface area contributed by atoms with Gasteiger partial charge in [0.2, 0.25) is 0 Å². The third-order valence-electron chi connectivity index (χ3n) is 5.19. The summed E-state index contributed by atoms with van der Waals surface area (Å²) in [5.74, 6) is 0.977. The molecule has 0 spiro atoms. The molecule has 2 atom stereocenters. The summed E-state index contributed by atoms with van der Waals surface area (Å²) in [5, 5.41) is 3.04. The monoisotopic (exact) mass is 307 g/mol. The second kappa shape index (κ2) is 6.09. The molecule has 2 fully saturated rings. The second-order valence-corrected chi connectivity index (χ2v) is 8.76. The Labute approximate surface area is 128 Å². The SMILES string of the molecule is CNC(c1ccccc1C1CCC1)C1CCCCS1(=O)=O. The number of rotatable bonds is 4. The first-order valence-corrected chi connectivity index (χ1v) is 9.82. The van der Waals surface area contributed by atoms with Gasteiger partial charge in [-0.1, -0.05) is 37.1 Å². The largest absolute Gasteiger partial charge is 0.312 e. The summed E-state index contributed by atoms with van der Waals surface area (Å²) in [6.45, 7) is 0. The zero-order valence-electron chi connectivity index (χ0n) is 12.7. The van der Waals surface area contributed by atoms with Crippen molar-refractivity contribution >= 4 is 9.84 Å². The first-order chi connectivity index (χ1) is 10.1. The van der Waals surface area contributed by atoms with Crippen molar-refractivity contribution in [2.24, 2.45) is 0 Å². The molecule has 0 radical (unpaired) electrons. The molecule has 1 aromatic carbocycles. The highest BCUT2D eigenvalue weighted by Gasteiger charge is 2.37. The fourth-order valence-electron chi connectivity index (χ4n) is 3.78. The predicted molar refractivity (Wildman–Crippen MR) is 86.3 cm³/mol. The Morgan fingerprint density at radius 3 is 2.48 bits per heavy atom. The Hall–Kier alpha value is -0.870. The lowest BCUT2D eigenvalue weighted by Crippen LogP contribution is -2.40. The highest BCUT2D eigenvalue weighted by molar-refractivity contribution is 7.92. The molecule has 1 N–H and O–H groups in total. The van der Waals surface area contributed by atoms with Crippen LogP contribution in [0.2, 0.25) is 0 Å². The lowest BCUT2D eigenvalue weighted by molar-refractivity contribution is 0.407. The average Bonchev–Trinajstić information content (AvgIpc) is 2.41. The van der Waals surface area contributed by atoms with Crippen LogP contribution in [0.1, 0.15) is 61.6 Å². The van der Waals surface area contributed by atoms with Gasteiger partial charge < -0.3 is 5.32 Å². The lowest BCUT2D eigenvalue weighted by Gasteiger charge is -2.34. The van der Waals surface area contributed by atoms with Gasteiger partial charge in [0.25, 0.3) is 0 Å². The van der Waals surface area contributed by atoms with Gasteiger partial charge in [-0.25, -0.2) is 8.42 Å². The Bertz CT molecular complexity index is 593. The zero-order valence-corrected chi connectivity index (χ0v) is 13.5. The van der Waals surface area contributed by atoms with Crippen LogP contribution < -0.4 is 5.32 Å². The van der Waals surface area contributed by atoms with E-state index in [2.05, 4.69) is 23.5 Å². The van der Waals surface area contributed by atoms with Crippen LogP contribution in [0.5, 0.6) is 0 Å². The molecule has 1 saturated heterocycles. The van der Waals surface area contributed by atoms with E-state index >= 15 is 0 Å². The van der Waals surface area contributed by atoms with Gasteiger partial charge in [0.1, 0.15) is 0 Å². The topological polar surface area (TPSA) is 46.2 Å². The van der Waals surface area contributed by atoms with Crippen molar-refractivity contribution in [2.75, 3.05) is 12.8 Å². The Balaban J connectivity index is 1.96. The van der Waals surface area contributed by atoms with E-state index in [9.17, 15) is 8.42 Å². The van der Waals surface area contributed by atoms with Crippen LogP contribution in [-0.2, 0) is 9.84 Å². The minimum absolute atomic E-state index is 0.0629. The highest BCUT2D eigenvalue weighted by atomic mass is 32.2. The average molecular weight is 307 g/mol.